The zero-order valence-corrected chi connectivity index (χ0v) is 7.45. The molecule has 0 saturated heterocycles. The van der Waals surface area contributed by atoms with Crippen LogP contribution in [0.1, 0.15) is 0 Å². The predicted molar refractivity (Wildman–Crippen MR) is 51.4 cm³/mol. The maximum atomic E-state index is 5.77. The molecule has 0 aliphatic heterocycles. The Morgan fingerprint density at radius 3 is 2.85 bits per heavy atom. The Bertz CT molecular complexity index is 412. The molecule has 0 bridgehead atoms. The predicted octanol–water partition coefficient (Wildman–Crippen LogP) is 2.58. The van der Waals surface area contributed by atoms with Gasteiger partial charge in [0.05, 0.1) is 16.9 Å². The SMILES string of the molecule is Nc1cc(-c2cnco2)ccc1Cl. The van der Waals surface area contributed by atoms with Crippen LogP contribution in [-0.4, -0.2) is 4.98 Å². The van der Waals surface area contributed by atoms with Crippen LogP contribution < -0.4 is 5.73 Å². The molecule has 0 aliphatic rings. The summed E-state index contributed by atoms with van der Waals surface area (Å²) in [5.41, 5.74) is 7.04. The summed E-state index contributed by atoms with van der Waals surface area (Å²) in [6.07, 6.45) is 3.00. The van der Waals surface area contributed by atoms with Crippen molar-refractivity contribution in [3.05, 3.63) is 35.8 Å². The molecule has 1 heterocycles. The van der Waals surface area contributed by atoms with Crippen molar-refractivity contribution in [3.8, 4) is 11.3 Å². The molecule has 4 heteroatoms. The fraction of sp³-hybridized carbons (Fsp3) is 0. The van der Waals surface area contributed by atoms with Crippen molar-refractivity contribution in [2.75, 3.05) is 5.73 Å². The van der Waals surface area contributed by atoms with E-state index in [-0.39, 0.29) is 0 Å². The Hall–Kier alpha value is -1.48. The Morgan fingerprint density at radius 2 is 2.23 bits per heavy atom. The number of oxazole rings is 1. The highest BCUT2D eigenvalue weighted by Crippen LogP contribution is 2.26. The minimum atomic E-state index is 0.538. The van der Waals surface area contributed by atoms with Crippen molar-refractivity contribution < 1.29 is 4.42 Å². The maximum Gasteiger partial charge on any atom is 0.181 e. The van der Waals surface area contributed by atoms with Crippen LogP contribution in [0.25, 0.3) is 11.3 Å². The van der Waals surface area contributed by atoms with Crippen molar-refractivity contribution in [1.29, 1.82) is 0 Å². The van der Waals surface area contributed by atoms with Gasteiger partial charge < -0.3 is 10.2 Å². The zero-order chi connectivity index (χ0) is 9.26. The normalized spacial score (nSPS) is 10.2. The monoisotopic (exact) mass is 194 g/mol. The number of benzene rings is 1. The van der Waals surface area contributed by atoms with Crippen LogP contribution in [-0.2, 0) is 0 Å². The molecule has 0 radical (unpaired) electrons. The average molecular weight is 195 g/mol. The first-order chi connectivity index (χ1) is 6.27. The molecule has 0 spiro atoms. The first-order valence-electron chi connectivity index (χ1n) is 3.71. The van der Waals surface area contributed by atoms with Gasteiger partial charge in [-0.25, -0.2) is 4.98 Å². The van der Waals surface area contributed by atoms with E-state index in [1.807, 2.05) is 6.07 Å². The number of halogens is 1. The lowest BCUT2D eigenvalue weighted by molar-refractivity contribution is 0.572. The fourth-order valence-corrected chi connectivity index (χ4v) is 1.17. The topological polar surface area (TPSA) is 52.0 Å². The lowest BCUT2D eigenvalue weighted by Gasteiger charge is -1.99. The van der Waals surface area contributed by atoms with Crippen LogP contribution in [0.5, 0.6) is 0 Å². The molecule has 0 amide bonds. The van der Waals surface area contributed by atoms with Crippen molar-refractivity contribution in [2.45, 2.75) is 0 Å². The molecule has 0 atom stereocenters. The quantitative estimate of drug-likeness (QED) is 0.710. The van der Waals surface area contributed by atoms with Gasteiger partial charge in [0.15, 0.2) is 12.2 Å². The molecule has 2 N–H and O–H groups in total. The smallest absolute Gasteiger partial charge is 0.181 e. The Balaban J connectivity index is 2.49. The van der Waals surface area contributed by atoms with Crippen molar-refractivity contribution in [2.24, 2.45) is 0 Å². The molecular weight excluding hydrogens is 188 g/mol. The first kappa shape index (κ1) is 8.13. The molecule has 0 saturated carbocycles. The van der Waals surface area contributed by atoms with Crippen LogP contribution >= 0.6 is 11.6 Å². The van der Waals surface area contributed by atoms with E-state index in [1.54, 1.807) is 18.3 Å². The molecule has 1 aromatic heterocycles. The van der Waals surface area contributed by atoms with Crippen LogP contribution in [0, 0.1) is 0 Å². The second-order valence-electron chi connectivity index (χ2n) is 2.60. The number of hydrogen-bond acceptors (Lipinski definition) is 3. The van der Waals surface area contributed by atoms with Crippen LogP contribution in [0.2, 0.25) is 5.02 Å². The van der Waals surface area contributed by atoms with Crippen molar-refractivity contribution in [1.82, 2.24) is 4.98 Å². The van der Waals surface area contributed by atoms with E-state index >= 15 is 0 Å². The van der Waals surface area contributed by atoms with Crippen molar-refractivity contribution >= 4 is 17.3 Å². The van der Waals surface area contributed by atoms with E-state index < -0.39 is 0 Å². The minimum absolute atomic E-state index is 0.538. The van der Waals surface area contributed by atoms with Gasteiger partial charge >= 0.3 is 0 Å². The van der Waals surface area contributed by atoms with E-state index in [1.165, 1.54) is 6.39 Å². The van der Waals surface area contributed by atoms with Crippen molar-refractivity contribution in [3.63, 3.8) is 0 Å². The van der Waals surface area contributed by atoms with Gasteiger partial charge in [0.2, 0.25) is 0 Å². The molecule has 2 rings (SSSR count). The van der Waals surface area contributed by atoms with Crippen LogP contribution in [0.15, 0.2) is 35.2 Å². The standard InChI is InChI=1S/C9H7ClN2O/c10-7-2-1-6(3-8(7)11)9-4-12-5-13-9/h1-5H,11H2. The molecule has 13 heavy (non-hydrogen) atoms. The maximum absolute atomic E-state index is 5.77. The molecular formula is C9H7ClN2O. The molecule has 66 valence electrons. The Kier molecular flexibility index (Phi) is 1.94. The summed E-state index contributed by atoms with van der Waals surface area (Å²) in [4.78, 5) is 3.81. The van der Waals surface area contributed by atoms with Gasteiger partial charge in [-0.05, 0) is 18.2 Å². The number of rotatable bonds is 1. The third kappa shape index (κ3) is 1.51. The number of anilines is 1. The summed E-state index contributed by atoms with van der Waals surface area (Å²) in [5, 5.41) is 0.545. The second kappa shape index (κ2) is 3.11. The van der Waals surface area contributed by atoms with Gasteiger partial charge in [0, 0.05) is 5.56 Å². The minimum Gasteiger partial charge on any atom is -0.444 e. The number of nitrogens with two attached hydrogens (primary N) is 1. The lowest BCUT2D eigenvalue weighted by atomic mass is 10.2. The number of nitrogens with zero attached hydrogens (tertiary/aromatic N) is 1. The third-order valence-electron chi connectivity index (χ3n) is 1.71. The zero-order valence-electron chi connectivity index (χ0n) is 6.70. The Morgan fingerprint density at radius 1 is 1.38 bits per heavy atom. The number of hydrogen-bond donors (Lipinski definition) is 1. The van der Waals surface area contributed by atoms with E-state index in [9.17, 15) is 0 Å². The average Bonchev–Trinajstić information content (AvgIpc) is 2.62. The Labute approximate surface area is 80.1 Å². The first-order valence-corrected chi connectivity index (χ1v) is 4.09. The van der Waals surface area contributed by atoms with Gasteiger partial charge in [0.1, 0.15) is 0 Å². The largest absolute Gasteiger partial charge is 0.444 e. The van der Waals surface area contributed by atoms with Gasteiger partial charge in [-0.3, -0.25) is 0 Å². The molecule has 0 aliphatic carbocycles. The van der Waals surface area contributed by atoms with Crippen LogP contribution in [0.4, 0.5) is 5.69 Å². The molecule has 0 fully saturated rings. The molecule has 0 unspecified atom stereocenters. The van der Waals surface area contributed by atoms with Gasteiger partial charge in [0.25, 0.3) is 0 Å². The van der Waals surface area contributed by atoms with Gasteiger partial charge in [-0.2, -0.15) is 0 Å². The highest BCUT2D eigenvalue weighted by atomic mass is 35.5. The summed E-state index contributed by atoms with van der Waals surface area (Å²) in [7, 11) is 0. The summed E-state index contributed by atoms with van der Waals surface area (Å²) < 4.78 is 5.10. The second-order valence-corrected chi connectivity index (χ2v) is 3.01. The van der Waals surface area contributed by atoms with Gasteiger partial charge in [-0.1, -0.05) is 11.6 Å². The number of aromatic nitrogens is 1. The molecule has 2 aromatic rings. The summed E-state index contributed by atoms with van der Waals surface area (Å²) in [6, 6.07) is 5.32. The van der Waals surface area contributed by atoms with E-state index in [2.05, 4.69) is 4.98 Å². The van der Waals surface area contributed by atoms with E-state index in [0.717, 1.165) is 5.56 Å². The molecule has 3 nitrogen and oxygen atoms in total. The number of nitrogen functional groups attached to an aromatic ring is 1. The lowest BCUT2D eigenvalue weighted by Crippen LogP contribution is -1.86. The summed E-state index contributed by atoms with van der Waals surface area (Å²) in [5.74, 6) is 0.684. The third-order valence-corrected chi connectivity index (χ3v) is 2.06. The van der Waals surface area contributed by atoms with Gasteiger partial charge in [-0.15, -0.1) is 0 Å². The summed E-state index contributed by atoms with van der Waals surface area (Å²) >= 11 is 5.77. The molecule has 1 aromatic carbocycles. The van der Waals surface area contributed by atoms with E-state index in [4.69, 9.17) is 21.8 Å². The highest BCUT2D eigenvalue weighted by Gasteiger charge is 2.03. The highest BCUT2D eigenvalue weighted by molar-refractivity contribution is 6.33. The van der Waals surface area contributed by atoms with Crippen LogP contribution in [0.3, 0.4) is 0 Å². The fourth-order valence-electron chi connectivity index (χ4n) is 1.06. The van der Waals surface area contributed by atoms with E-state index in [0.29, 0.717) is 16.5 Å². The summed E-state index contributed by atoms with van der Waals surface area (Å²) in [6.45, 7) is 0.